The van der Waals surface area contributed by atoms with Crippen molar-refractivity contribution in [3.05, 3.63) is 29.8 Å². The highest BCUT2D eigenvalue weighted by Gasteiger charge is 2.02. The number of nitrogens with one attached hydrogen (secondary N) is 1. The van der Waals surface area contributed by atoms with E-state index in [9.17, 15) is 8.42 Å². The van der Waals surface area contributed by atoms with Crippen LogP contribution in [0.2, 0.25) is 0 Å². The van der Waals surface area contributed by atoms with Gasteiger partial charge in [0.2, 0.25) is 10.0 Å². The number of aliphatic hydroxyl groups is 1. The van der Waals surface area contributed by atoms with Crippen molar-refractivity contribution in [1.29, 1.82) is 0 Å². The van der Waals surface area contributed by atoms with Crippen molar-refractivity contribution in [2.75, 3.05) is 11.0 Å². The molecule has 5 nitrogen and oxygen atoms in total. The molecule has 0 radical (unpaired) electrons. The number of aliphatic hydroxyl groups excluding tert-OH is 1. The maximum Gasteiger partial charge on any atom is 0.229 e. The minimum absolute atomic E-state index is 0.346. The first kappa shape index (κ1) is 12.0. The normalized spacial score (nSPS) is 13.5. The summed E-state index contributed by atoms with van der Waals surface area (Å²) in [7, 11) is -3.24. The molecule has 1 atom stereocenters. The molecule has 0 aliphatic rings. The second-order valence-corrected chi connectivity index (χ2v) is 5.09. The Morgan fingerprint density at radius 1 is 1.40 bits per heavy atom. The van der Waals surface area contributed by atoms with Crippen LogP contribution < -0.4 is 10.5 Å². The maximum absolute atomic E-state index is 10.9. The summed E-state index contributed by atoms with van der Waals surface area (Å²) in [6, 6.07) is 6.67. The Morgan fingerprint density at radius 2 is 1.93 bits per heavy atom. The van der Waals surface area contributed by atoms with Gasteiger partial charge in [0.15, 0.2) is 0 Å². The Hall–Kier alpha value is -1.11. The van der Waals surface area contributed by atoms with Gasteiger partial charge in [-0.25, -0.2) is 8.42 Å². The van der Waals surface area contributed by atoms with Gasteiger partial charge < -0.3 is 10.8 Å². The molecule has 84 valence electrons. The smallest absolute Gasteiger partial charge is 0.229 e. The molecule has 0 fully saturated rings. The topological polar surface area (TPSA) is 92.4 Å². The summed E-state index contributed by atoms with van der Waals surface area (Å²) in [5.74, 6) is 0. The SMILES string of the molecule is CS(=O)(=O)Nc1ccc(CC(N)O)cc1. The van der Waals surface area contributed by atoms with Crippen molar-refractivity contribution in [2.45, 2.75) is 12.6 Å². The van der Waals surface area contributed by atoms with E-state index < -0.39 is 16.3 Å². The molecule has 0 amide bonds. The highest BCUT2D eigenvalue weighted by Crippen LogP contribution is 2.11. The Kier molecular flexibility index (Phi) is 3.67. The van der Waals surface area contributed by atoms with Gasteiger partial charge in [0, 0.05) is 12.1 Å². The van der Waals surface area contributed by atoms with Gasteiger partial charge in [0.05, 0.1) is 6.26 Å². The van der Waals surface area contributed by atoms with E-state index in [1.54, 1.807) is 24.3 Å². The lowest BCUT2D eigenvalue weighted by atomic mass is 10.1. The largest absolute Gasteiger partial charge is 0.378 e. The summed E-state index contributed by atoms with van der Waals surface area (Å²) in [4.78, 5) is 0. The standard InChI is InChI=1S/C9H14N2O3S/c1-15(13,14)11-8-4-2-7(3-5-8)6-9(10)12/h2-5,9,11-12H,6,10H2,1H3. The lowest BCUT2D eigenvalue weighted by Gasteiger charge is -2.06. The van der Waals surface area contributed by atoms with E-state index in [1.165, 1.54) is 0 Å². The van der Waals surface area contributed by atoms with Crippen molar-refractivity contribution in [3.63, 3.8) is 0 Å². The van der Waals surface area contributed by atoms with E-state index in [4.69, 9.17) is 10.8 Å². The van der Waals surface area contributed by atoms with Gasteiger partial charge in [0.25, 0.3) is 0 Å². The van der Waals surface area contributed by atoms with Crippen molar-refractivity contribution < 1.29 is 13.5 Å². The van der Waals surface area contributed by atoms with Crippen LogP contribution in [-0.2, 0) is 16.4 Å². The fourth-order valence-electron chi connectivity index (χ4n) is 1.16. The summed E-state index contributed by atoms with van der Waals surface area (Å²) in [5.41, 5.74) is 6.55. The zero-order chi connectivity index (χ0) is 11.5. The van der Waals surface area contributed by atoms with E-state index in [-0.39, 0.29) is 0 Å². The maximum atomic E-state index is 10.9. The molecule has 0 spiro atoms. The number of sulfonamides is 1. The van der Waals surface area contributed by atoms with Crippen LogP contribution in [0.5, 0.6) is 0 Å². The zero-order valence-corrected chi connectivity index (χ0v) is 9.16. The van der Waals surface area contributed by atoms with E-state index >= 15 is 0 Å². The summed E-state index contributed by atoms with van der Waals surface area (Å²) in [5, 5.41) is 8.93. The van der Waals surface area contributed by atoms with Gasteiger partial charge in [0.1, 0.15) is 6.23 Å². The summed E-state index contributed by atoms with van der Waals surface area (Å²) in [6.45, 7) is 0. The van der Waals surface area contributed by atoms with Gasteiger partial charge in [-0.3, -0.25) is 4.72 Å². The van der Waals surface area contributed by atoms with Gasteiger partial charge in [-0.1, -0.05) is 12.1 Å². The molecule has 1 rings (SSSR count). The summed E-state index contributed by atoms with van der Waals surface area (Å²) < 4.78 is 24.1. The molecule has 0 aromatic heterocycles. The van der Waals surface area contributed by atoms with Crippen LogP contribution in [0.15, 0.2) is 24.3 Å². The zero-order valence-electron chi connectivity index (χ0n) is 8.34. The quantitative estimate of drug-likeness (QED) is 0.629. The highest BCUT2D eigenvalue weighted by atomic mass is 32.2. The van der Waals surface area contributed by atoms with E-state index in [2.05, 4.69) is 4.72 Å². The Balaban J connectivity index is 2.73. The van der Waals surface area contributed by atoms with Gasteiger partial charge in [-0.15, -0.1) is 0 Å². The second kappa shape index (κ2) is 4.61. The van der Waals surface area contributed by atoms with Crippen LogP contribution in [0, 0.1) is 0 Å². The lowest BCUT2D eigenvalue weighted by molar-refractivity contribution is 0.183. The Morgan fingerprint density at radius 3 is 2.33 bits per heavy atom. The van der Waals surface area contributed by atoms with Gasteiger partial charge in [-0.2, -0.15) is 0 Å². The van der Waals surface area contributed by atoms with E-state index in [0.717, 1.165) is 11.8 Å². The Bertz CT molecular complexity index is 411. The first-order valence-corrected chi connectivity index (χ1v) is 6.26. The number of hydrogen-bond donors (Lipinski definition) is 3. The molecule has 1 aromatic rings. The molecular weight excluding hydrogens is 216 g/mol. The minimum atomic E-state index is -3.24. The fourth-order valence-corrected chi connectivity index (χ4v) is 1.73. The Labute approximate surface area is 89.0 Å². The predicted molar refractivity (Wildman–Crippen MR) is 58.8 cm³/mol. The monoisotopic (exact) mass is 230 g/mol. The van der Waals surface area contributed by atoms with Crippen molar-refractivity contribution in [1.82, 2.24) is 0 Å². The van der Waals surface area contributed by atoms with E-state index in [1.807, 2.05) is 0 Å². The fraction of sp³-hybridized carbons (Fsp3) is 0.333. The average molecular weight is 230 g/mol. The average Bonchev–Trinajstić information content (AvgIpc) is 2.05. The minimum Gasteiger partial charge on any atom is -0.378 e. The van der Waals surface area contributed by atoms with Crippen molar-refractivity contribution in [3.8, 4) is 0 Å². The number of anilines is 1. The molecule has 0 saturated heterocycles. The molecule has 0 heterocycles. The second-order valence-electron chi connectivity index (χ2n) is 3.34. The molecule has 4 N–H and O–H groups in total. The van der Waals surface area contributed by atoms with Crippen molar-refractivity contribution >= 4 is 15.7 Å². The molecule has 1 aromatic carbocycles. The molecule has 0 bridgehead atoms. The molecule has 0 saturated carbocycles. The van der Waals surface area contributed by atoms with Crippen LogP contribution in [0.3, 0.4) is 0 Å². The predicted octanol–water partition coefficient (Wildman–Crippen LogP) is -0.122. The van der Waals surface area contributed by atoms with Gasteiger partial charge in [-0.05, 0) is 17.7 Å². The first-order valence-electron chi connectivity index (χ1n) is 4.37. The van der Waals surface area contributed by atoms with Crippen LogP contribution >= 0.6 is 0 Å². The number of benzene rings is 1. The molecule has 1 unspecified atom stereocenters. The third kappa shape index (κ3) is 4.78. The molecular formula is C9H14N2O3S. The lowest BCUT2D eigenvalue weighted by Crippen LogP contribution is -2.21. The summed E-state index contributed by atoms with van der Waals surface area (Å²) in [6.07, 6.45) is 0.544. The molecule has 0 aliphatic carbocycles. The van der Waals surface area contributed by atoms with Crippen LogP contribution in [-0.4, -0.2) is 26.0 Å². The number of nitrogens with two attached hydrogens (primary N) is 1. The van der Waals surface area contributed by atoms with Crippen LogP contribution in [0.1, 0.15) is 5.56 Å². The van der Waals surface area contributed by atoms with Crippen LogP contribution in [0.4, 0.5) is 5.69 Å². The summed E-state index contributed by atoms with van der Waals surface area (Å²) >= 11 is 0. The third-order valence-corrected chi connectivity index (χ3v) is 2.31. The van der Waals surface area contributed by atoms with E-state index in [0.29, 0.717) is 12.1 Å². The molecule has 15 heavy (non-hydrogen) atoms. The number of hydrogen-bond acceptors (Lipinski definition) is 4. The van der Waals surface area contributed by atoms with Crippen molar-refractivity contribution in [2.24, 2.45) is 5.73 Å². The first-order chi connectivity index (χ1) is 6.87. The van der Waals surface area contributed by atoms with Gasteiger partial charge >= 0.3 is 0 Å². The van der Waals surface area contributed by atoms with Crippen LogP contribution in [0.25, 0.3) is 0 Å². The molecule has 6 heteroatoms. The number of rotatable bonds is 4. The highest BCUT2D eigenvalue weighted by molar-refractivity contribution is 7.92. The molecule has 0 aliphatic heterocycles. The third-order valence-electron chi connectivity index (χ3n) is 1.70.